The first kappa shape index (κ1) is 15.5. The normalized spacial score (nSPS) is 13.6. The number of nitrogens with one attached hydrogen (secondary N) is 1. The van der Waals surface area contributed by atoms with E-state index >= 15 is 0 Å². The Kier molecular flexibility index (Phi) is 5.24. The largest absolute Gasteiger partial charge is 0.244 e. The summed E-state index contributed by atoms with van der Waals surface area (Å²) in [5.41, 5.74) is 0. The van der Waals surface area contributed by atoms with Gasteiger partial charge in [0.05, 0.1) is 0 Å². The van der Waals surface area contributed by atoms with Gasteiger partial charge in [0.1, 0.15) is 16.5 Å². The van der Waals surface area contributed by atoms with Crippen molar-refractivity contribution in [1.82, 2.24) is 4.72 Å². The molecule has 0 aliphatic rings. The van der Waals surface area contributed by atoms with E-state index in [2.05, 4.69) is 20.7 Å². The average molecular weight is 342 g/mol. The highest BCUT2D eigenvalue weighted by Crippen LogP contribution is 2.26. The smallest absolute Gasteiger partial charge is 0.208 e. The van der Waals surface area contributed by atoms with Crippen molar-refractivity contribution in [3.8, 4) is 0 Å². The molecule has 1 unspecified atom stereocenters. The Balaban J connectivity index is 3.13. The Labute approximate surface area is 114 Å². The molecule has 0 aromatic heterocycles. The lowest BCUT2D eigenvalue weighted by Gasteiger charge is -2.14. The predicted octanol–water partition coefficient (Wildman–Crippen LogP) is 3.19. The fourth-order valence-corrected chi connectivity index (χ4v) is 4.05. The van der Waals surface area contributed by atoms with Crippen molar-refractivity contribution in [2.24, 2.45) is 0 Å². The SMILES string of the molecule is CCCC(C)NS(=O)(=O)c1c(F)cc(F)cc1Br. The minimum absolute atomic E-state index is 0.129. The molecule has 1 N–H and O–H groups in total. The summed E-state index contributed by atoms with van der Waals surface area (Å²) >= 11 is 2.86. The fraction of sp³-hybridized carbons (Fsp3) is 0.455. The third-order valence-corrected chi connectivity index (χ3v) is 4.86. The molecule has 0 fully saturated rings. The molecular weight excluding hydrogens is 328 g/mol. The predicted molar refractivity (Wildman–Crippen MR) is 68.7 cm³/mol. The Morgan fingerprint density at radius 2 is 2.00 bits per heavy atom. The van der Waals surface area contributed by atoms with Gasteiger partial charge in [-0.3, -0.25) is 0 Å². The Bertz CT molecular complexity index is 511. The second-order valence-electron chi connectivity index (χ2n) is 4.01. The monoisotopic (exact) mass is 341 g/mol. The van der Waals surface area contributed by atoms with Gasteiger partial charge in [-0.2, -0.15) is 0 Å². The lowest BCUT2D eigenvalue weighted by molar-refractivity contribution is 0.523. The molecular formula is C11H14BrF2NO2S. The molecule has 0 spiro atoms. The first-order valence-electron chi connectivity index (χ1n) is 5.44. The van der Waals surface area contributed by atoms with Crippen LogP contribution in [0.25, 0.3) is 0 Å². The quantitative estimate of drug-likeness (QED) is 0.893. The Hall–Kier alpha value is -0.530. The highest BCUT2D eigenvalue weighted by molar-refractivity contribution is 9.10. The number of rotatable bonds is 5. The van der Waals surface area contributed by atoms with Crippen LogP contribution in [0.15, 0.2) is 21.5 Å². The number of halogens is 3. The van der Waals surface area contributed by atoms with E-state index in [1.54, 1.807) is 6.92 Å². The summed E-state index contributed by atoms with van der Waals surface area (Å²) in [7, 11) is -4.00. The minimum atomic E-state index is -4.00. The molecule has 0 radical (unpaired) electrons. The van der Waals surface area contributed by atoms with Crippen molar-refractivity contribution < 1.29 is 17.2 Å². The van der Waals surface area contributed by atoms with Crippen LogP contribution in [0.4, 0.5) is 8.78 Å². The zero-order valence-electron chi connectivity index (χ0n) is 10.0. The van der Waals surface area contributed by atoms with Crippen molar-refractivity contribution >= 4 is 26.0 Å². The maximum absolute atomic E-state index is 13.6. The van der Waals surface area contributed by atoms with Crippen LogP contribution in [0.5, 0.6) is 0 Å². The van der Waals surface area contributed by atoms with Gasteiger partial charge in [-0.15, -0.1) is 0 Å². The summed E-state index contributed by atoms with van der Waals surface area (Å²) in [6, 6.07) is 1.16. The highest BCUT2D eigenvalue weighted by Gasteiger charge is 2.24. The fourth-order valence-electron chi connectivity index (χ4n) is 1.60. The summed E-state index contributed by atoms with van der Waals surface area (Å²) in [6.45, 7) is 3.61. The van der Waals surface area contributed by atoms with Gasteiger partial charge in [0.2, 0.25) is 10.0 Å². The summed E-state index contributed by atoms with van der Waals surface area (Å²) in [6.07, 6.45) is 1.44. The second-order valence-corrected chi connectivity index (χ2v) is 6.51. The van der Waals surface area contributed by atoms with E-state index in [1.807, 2.05) is 6.92 Å². The molecule has 0 saturated heterocycles. The average Bonchev–Trinajstić information content (AvgIpc) is 2.13. The number of benzene rings is 1. The maximum atomic E-state index is 13.6. The van der Waals surface area contributed by atoms with Crippen molar-refractivity contribution in [1.29, 1.82) is 0 Å². The second kappa shape index (κ2) is 6.08. The van der Waals surface area contributed by atoms with Crippen LogP contribution in [0.2, 0.25) is 0 Å². The standard InChI is InChI=1S/C11H14BrF2NO2S/c1-3-4-7(2)15-18(16,17)11-9(12)5-8(13)6-10(11)14/h5-7,15H,3-4H2,1-2H3. The molecule has 102 valence electrons. The summed E-state index contributed by atoms with van der Waals surface area (Å²) in [5, 5.41) is 0. The van der Waals surface area contributed by atoms with Gasteiger partial charge in [0.25, 0.3) is 0 Å². The van der Waals surface area contributed by atoms with Crippen LogP contribution in [-0.4, -0.2) is 14.5 Å². The third kappa shape index (κ3) is 3.73. The van der Waals surface area contributed by atoms with Gasteiger partial charge in [-0.25, -0.2) is 21.9 Å². The van der Waals surface area contributed by atoms with E-state index in [4.69, 9.17) is 0 Å². The van der Waals surface area contributed by atoms with Gasteiger partial charge in [-0.1, -0.05) is 13.3 Å². The van der Waals surface area contributed by atoms with E-state index in [0.29, 0.717) is 12.5 Å². The summed E-state index contributed by atoms with van der Waals surface area (Å²) < 4.78 is 52.6. The zero-order valence-corrected chi connectivity index (χ0v) is 12.4. The summed E-state index contributed by atoms with van der Waals surface area (Å²) in [5.74, 6) is -1.95. The molecule has 7 heteroatoms. The van der Waals surface area contributed by atoms with Crippen LogP contribution >= 0.6 is 15.9 Å². The van der Waals surface area contributed by atoms with Crippen LogP contribution < -0.4 is 4.72 Å². The van der Waals surface area contributed by atoms with Gasteiger partial charge >= 0.3 is 0 Å². The minimum Gasteiger partial charge on any atom is -0.208 e. The summed E-state index contributed by atoms with van der Waals surface area (Å²) in [4.78, 5) is -0.563. The van der Waals surface area contributed by atoms with Gasteiger partial charge in [-0.05, 0) is 35.3 Å². The molecule has 1 rings (SSSR count). The van der Waals surface area contributed by atoms with Crippen molar-refractivity contribution in [3.05, 3.63) is 28.2 Å². The molecule has 0 saturated carbocycles. The van der Waals surface area contributed by atoms with Crippen LogP contribution in [-0.2, 0) is 10.0 Å². The Morgan fingerprint density at radius 3 is 2.50 bits per heavy atom. The molecule has 1 atom stereocenters. The number of hydrogen-bond acceptors (Lipinski definition) is 2. The first-order valence-corrected chi connectivity index (χ1v) is 7.72. The highest BCUT2D eigenvalue weighted by atomic mass is 79.9. The molecule has 0 heterocycles. The molecule has 1 aromatic carbocycles. The van der Waals surface area contributed by atoms with E-state index < -0.39 is 26.6 Å². The van der Waals surface area contributed by atoms with Crippen molar-refractivity contribution in [2.45, 2.75) is 37.6 Å². The van der Waals surface area contributed by atoms with Crippen LogP contribution in [0, 0.1) is 11.6 Å². The first-order chi connectivity index (χ1) is 8.27. The third-order valence-electron chi connectivity index (χ3n) is 2.31. The van der Waals surface area contributed by atoms with Gasteiger partial charge in [0.15, 0.2) is 0 Å². The van der Waals surface area contributed by atoms with Gasteiger partial charge in [0, 0.05) is 16.6 Å². The molecule has 0 aliphatic carbocycles. The molecule has 0 bridgehead atoms. The molecule has 1 aromatic rings. The maximum Gasteiger partial charge on any atom is 0.244 e. The van der Waals surface area contributed by atoms with Gasteiger partial charge < -0.3 is 0 Å². The van der Waals surface area contributed by atoms with E-state index in [0.717, 1.165) is 12.5 Å². The number of sulfonamides is 1. The van der Waals surface area contributed by atoms with Crippen LogP contribution in [0.3, 0.4) is 0 Å². The lowest BCUT2D eigenvalue weighted by atomic mass is 10.2. The van der Waals surface area contributed by atoms with E-state index in [9.17, 15) is 17.2 Å². The number of hydrogen-bond donors (Lipinski definition) is 1. The van der Waals surface area contributed by atoms with Crippen molar-refractivity contribution in [2.75, 3.05) is 0 Å². The van der Waals surface area contributed by atoms with E-state index in [-0.39, 0.29) is 10.5 Å². The van der Waals surface area contributed by atoms with Crippen molar-refractivity contribution in [3.63, 3.8) is 0 Å². The Morgan fingerprint density at radius 1 is 1.39 bits per heavy atom. The molecule has 18 heavy (non-hydrogen) atoms. The molecule has 0 aliphatic heterocycles. The molecule has 3 nitrogen and oxygen atoms in total. The van der Waals surface area contributed by atoms with E-state index in [1.165, 1.54) is 0 Å². The molecule has 0 amide bonds. The van der Waals surface area contributed by atoms with Crippen LogP contribution in [0.1, 0.15) is 26.7 Å². The lowest BCUT2D eigenvalue weighted by Crippen LogP contribution is -2.33. The zero-order chi connectivity index (χ0) is 13.9. The topological polar surface area (TPSA) is 46.2 Å².